The fourth-order valence-corrected chi connectivity index (χ4v) is 6.88. The molecule has 42 heavy (non-hydrogen) atoms. The second-order valence-corrected chi connectivity index (χ2v) is 12.7. The minimum absolute atomic E-state index is 0.0822. The molecule has 1 saturated heterocycles. The van der Waals surface area contributed by atoms with E-state index in [-0.39, 0.29) is 21.2 Å². The van der Waals surface area contributed by atoms with E-state index in [2.05, 4.69) is 14.9 Å². The SMILES string of the molecule is Cc1c(NS(=O)(=O)c2cc(C(=O)Nc3ccc(Cl)c(CN4CCCCC4)c3)ccc2Cl)c(=O)n(-c2ccccc2)n1C. The number of anilines is 2. The van der Waals surface area contributed by atoms with Crippen molar-refractivity contribution < 1.29 is 13.2 Å². The number of sulfonamides is 1. The molecular weight excluding hydrogens is 597 g/mol. The number of rotatable bonds is 8. The molecule has 9 nitrogen and oxygen atoms in total. The number of halogens is 2. The zero-order valence-electron chi connectivity index (χ0n) is 23.2. The summed E-state index contributed by atoms with van der Waals surface area (Å²) in [5, 5.41) is 3.35. The molecule has 5 rings (SSSR count). The maximum absolute atomic E-state index is 13.5. The molecule has 1 aliphatic rings. The Hall–Kier alpha value is -3.57. The normalized spacial score (nSPS) is 14.1. The van der Waals surface area contributed by atoms with Crippen molar-refractivity contribution in [3.05, 3.63) is 104 Å². The number of amides is 1. The third-order valence-corrected chi connectivity index (χ3v) is 9.62. The van der Waals surface area contributed by atoms with Crippen molar-refractivity contribution in [2.75, 3.05) is 23.1 Å². The molecule has 3 aromatic carbocycles. The summed E-state index contributed by atoms with van der Waals surface area (Å²) >= 11 is 12.7. The number of para-hydroxylation sites is 1. The van der Waals surface area contributed by atoms with Gasteiger partial charge in [-0.3, -0.25) is 23.9 Å². The summed E-state index contributed by atoms with van der Waals surface area (Å²) in [6.45, 7) is 4.33. The van der Waals surface area contributed by atoms with Crippen LogP contribution in [0.2, 0.25) is 10.0 Å². The Morgan fingerprint density at radius 3 is 2.33 bits per heavy atom. The molecule has 0 bridgehead atoms. The number of carbonyl (C=O) groups is 1. The Morgan fingerprint density at radius 1 is 0.929 bits per heavy atom. The first-order valence-corrected chi connectivity index (χ1v) is 15.8. The monoisotopic (exact) mass is 627 g/mol. The van der Waals surface area contributed by atoms with Gasteiger partial charge in [-0.2, -0.15) is 0 Å². The number of aromatic nitrogens is 2. The molecular formula is C30H31Cl2N5O4S. The standard InChI is InChI=1S/C30H31Cl2N5O4S/c1-20-28(30(39)37(35(20)2)24-9-5-3-6-10-24)34-42(40,41)27-18-21(11-13-26(27)32)29(38)33-23-12-14-25(31)22(17-23)19-36-15-7-4-8-16-36/h3,5-6,9-14,17-18,34H,4,7-8,15-16,19H2,1-2H3,(H,33,38). The molecule has 2 N–H and O–H groups in total. The topological polar surface area (TPSA) is 105 Å². The van der Waals surface area contributed by atoms with Crippen LogP contribution in [0.3, 0.4) is 0 Å². The van der Waals surface area contributed by atoms with E-state index >= 15 is 0 Å². The third kappa shape index (κ3) is 6.27. The van der Waals surface area contributed by atoms with Gasteiger partial charge in [-0.1, -0.05) is 47.8 Å². The lowest BCUT2D eigenvalue weighted by Gasteiger charge is -2.27. The van der Waals surface area contributed by atoms with Crippen LogP contribution in [0.4, 0.5) is 11.4 Å². The van der Waals surface area contributed by atoms with Crippen molar-refractivity contribution in [3.8, 4) is 5.69 Å². The first-order valence-electron chi connectivity index (χ1n) is 13.5. The Bertz CT molecular complexity index is 1800. The number of nitrogens with one attached hydrogen (secondary N) is 2. The van der Waals surface area contributed by atoms with Crippen LogP contribution in [0, 0.1) is 6.92 Å². The van der Waals surface area contributed by atoms with Crippen molar-refractivity contribution in [2.24, 2.45) is 7.05 Å². The van der Waals surface area contributed by atoms with Crippen molar-refractivity contribution in [3.63, 3.8) is 0 Å². The van der Waals surface area contributed by atoms with Gasteiger partial charge in [-0.15, -0.1) is 0 Å². The predicted molar refractivity (Wildman–Crippen MR) is 167 cm³/mol. The van der Waals surface area contributed by atoms with E-state index in [1.54, 1.807) is 55.1 Å². The highest BCUT2D eigenvalue weighted by atomic mass is 35.5. The predicted octanol–water partition coefficient (Wildman–Crippen LogP) is 5.83. The first kappa shape index (κ1) is 29.9. The van der Waals surface area contributed by atoms with Gasteiger partial charge in [0.05, 0.1) is 16.4 Å². The Morgan fingerprint density at radius 2 is 1.62 bits per heavy atom. The fraction of sp³-hybridized carbons (Fsp3) is 0.267. The van der Waals surface area contributed by atoms with E-state index in [4.69, 9.17) is 23.2 Å². The van der Waals surface area contributed by atoms with Gasteiger partial charge in [0, 0.05) is 29.9 Å². The van der Waals surface area contributed by atoms with Crippen LogP contribution in [0.5, 0.6) is 0 Å². The van der Waals surface area contributed by atoms with Gasteiger partial charge in [0.1, 0.15) is 10.6 Å². The summed E-state index contributed by atoms with van der Waals surface area (Å²) in [6.07, 6.45) is 3.53. The quantitative estimate of drug-likeness (QED) is 0.256. The minimum Gasteiger partial charge on any atom is -0.322 e. The van der Waals surface area contributed by atoms with E-state index in [9.17, 15) is 18.0 Å². The van der Waals surface area contributed by atoms with E-state index < -0.39 is 21.5 Å². The van der Waals surface area contributed by atoms with Crippen molar-refractivity contribution in [1.82, 2.24) is 14.3 Å². The molecule has 0 aliphatic carbocycles. The number of carbonyl (C=O) groups excluding carboxylic acids is 1. The minimum atomic E-state index is -4.34. The molecule has 2 heterocycles. The average Bonchev–Trinajstić information content (AvgIpc) is 3.18. The molecule has 4 aromatic rings. The maximum Gasteiger partial charge on any atom is 0.296 e. The molecule has 0 radical (unpaired) electrons. The molecule has 0 spiro atoms. The Labute approximate surface area is 254 Å². The van der Waals surface area contributed by atoms with Gasteiger partial charge >= 0.3 is 0 Å². The largest absolute Gasteiger partial charge is 0.322 e. The lowest BCUT2D eigenvalue weighted by Crippen LogP contribution is -2.29. The molecule has 1 aliphatic heterocycles. The van der Waals surface area contributed by atoms with Gasteiger partial charge in [0.2, 0.25) is 0 Å². The zero-order valence-corrected chi connectivity index (χ0v) is 25.6. The van der Waals surface area contributed by atoms with Crippen LogP contribution in [0.15, 0.2) is 76.4 Å². The summed E-state index contributed by atoms with van der Waals surface area (Å²) in [5.74, 6) is -0.517. The van der Waals surface area contributed by atoms with Crippen LogP contribution >= 0.6 is 23.2 Å². The van der Waals surface area contributed by atoms with Crippen LogP contribution in [-0.4, -0.2) is 41.7 Å². The molecule has 12 heteroatoms. The van der Waals surface area contributed by atoms with E-state index in [1.807, 2.05) is 12.1 Å². The van der Waals surface area contributed by atoms with Gasteiger partial charge in [0.15, 0.2) is 0 Å². The first-order chi connectivity index (χ1) is 20.0. The number of benzene rings is 3. The molecule has 1 amide bonds. The summed E-state index contributed by atoms with van der Waals surface area (Å²) in [5.41, 5.74) is 1.85. The van der Waals surface area contributed by atoms with E-state index in [1.165, 1.54) is 29.3 Å². The maximum atomic E-state index is 13.5. The highest BCUT2D eigenvalue weighted by molar-refractivity contribution is 7.92. The van der Waals surface area contributed by atoms with E-state index in [0.717, 1.165) is 31.5 Å². The molecule has 1 fully saturated rings. The summed E-state index contributed by atoms with van der Waals surface area (Å²) in [7, 11) is -2.68. The highest BCUT2D eigenvalue weighted by Crippen LogP contribution is 2.28. The summed E-state index contributed by atoms with van der Waals surface area (Å²) < 4.78 is 32.3. The summed E-state index contributed by atoms with van der Waals surface area (Å²) in [6, 6.07) is 18.1. The Kier molecular flexibility index (Phi) is 8.79. The number of nitrogens with zero attached hydrogens (tertiary/aromatic N) is 3. The smallest absolute Gasteiger partial charge is 0.296 e. The van der Waals surface area contributed by atoms with Crippen LogP contribution in [0.25, 0.3) is 5.69 Å². The van der Waals surface area contributed by atoms with Gasteiger partial charge in [0.25, 0.3) is 21.5 Å². The van der Waals surface area contributed by atoms with Gasteiger partial charge in [-0.05, 0) is 86.9 Å². The van der Waals surface area contributed by atoms with Gasteiger partial charge in [-0.25, -0.2) is 13.1 Å². The number of hydrogen-bond donors (Lipinski definition) is 2. The summed E-state index contributed by atoms with van der Waals surface area (Å²) in [4.78, 5) is 28.5. The van der Waals surface area contributed by atoms with Crippen LogP contribution in [0.1, 0.15) is 40.9 Å². The van der Waals surface area contributed by atoms with E-state index in [0.29, 0.717) is 28.6 Å². The molecule has 0 atom stereocenters. The molecule has 220 valence electrons. The third-order valence-electron chi connectivity index (χ3n) is 7.42. The fourth-order valence-electron chi connectivity index (χ4n) is 5.06. The van der Waals surface area contributed by atoms with Crippen LogP contribution < -0.4 is 15.6 Å². The zero-order chi connectivity index (χ0) is 30.0. The number of likely N-dealkylation sites (tertiary alicyclic amines) is 1. The molecule has 0 unspecified atom stereocenters. The second-order valence-electron chi connectivity index (χ2n) is 10.3. The lowest BCUT2D eigenvalue weighted by atomic mass is 10.1. The van der Waals surface area contributed by atoms with Crippen molar-refractivity contribution in [2.45, 2.75) is 37.6 Å². The van der Waals surface area contributed by atoms with Crippen molar-refractivity contribution >= 4 is 50.5 Å². The van der Waals surface area contributed by atoms with Crippen LogP contribution in [-0.2, 0) is 23.6 Å². The Balaban J connectivity index is 1.38. The van der Waals surface area contributed by atoms with Gasteiger partial charge < -0.3 is 5.32 Å². The molecule has 1 aromatic heterocycles. The highest BCUT2D eigenvalue weighted by Gasteiger charge is 2.25. The average molecular weight is 629 g/mol. The number of piperidine rings is 1. The lowest BCUT2D eigenvalue weighted by molar-refractivity contribution is 0.102. The second kappa shape index (κ2) is 12.3. The van der Waals surface area contributed by atoms with Crippen molar-refractivity contribution in [1.29, 1.82) is 0 Å². The molecule has 0 saturated carbocycles. The number of hydrogen-bond acceptors (Lipinski definition) is 5.